The largest absolute Gasteiger partial charge is 0.382 e. The molecule has 170 valence electrons. The van der Waals surface area contributed by atoms with Crippen LogP contribution in [0.4, 0.5) is 5.82 Å². The predicted octanol–water partition coefficient (Wildman–Crippen LogP) is 4.39. The van der Waals surface area contributed by atoms with Gasteiger partial charge in [-0.3, -0.25) is 4.57 Å². The highest BCUT2D eigenvalue weighted by Crippen LogP contribution is 2.22. The Hall–Kier alpha value is -3.42. The molecule has 0 saturated heterocycles. The van der Waals surface area contributed by atoms with Crippen LogP contribution in [0.3, 0.4) is 0 Å². The monoisotopic (exact) mass is 435 g/mol. The predicted molar refractivity (Wildman–Crippen MR) is 130 cm³/mol. The molecule has 0 spiro atoms. The Morgan fingerprint density at radius 1 is 1.06 bits per heavy atom. The van der Waals surface area contributed by atoms with Gasteiger partial charge in [0.25, 0.3) is 0 Å². The molecule has 1 aliphatic heterocycles. The Bertz CT molecular complexity index is 1230. The zero-order valence-corrected chi connectivity index (χ0v) is 18.1. The van der Waals surface area contributed by atoms with E-state index in [1.165, 1.54) is 12.0 Å². The molecule has 0 atom stereocenters. The SMILES string of the molecule is C.CC.Nc1nc2nc3c1[nH]c(=O)n3Cc1cccc(c1)CCCCCCn1ccnc1-2. The van der Waals surface area contributed by atoms with Gasteiger partial charge in [0.1, 0.15) is 5.52 Å². The van der Waals surface area contributed by atoms with Crippen LogP contribution in [0, 0.1) is 0 Å². The van der Waals surface area contributed by atoms with Crippen LogP contribution < -0.4 is 11.4 Å². The van der Waals surface area contributed by atoms with Crippen molar-refractivity contribution in [2.24, 2.45) is 0 Å². The first kappa shape index (κ1) is 23.2. The summed E-state index contributed by atoms with van der Waals surface area (Å²) in [5, 5.41) is 0. The van der Waals surface area contributed by atoms with Gasteiger partial charge < -0.3 is 15.3 Å². The summed E-state index contributed by atoms with van der Waals surface area (Å²) in [6, 6.07) is 8.42. The minimum Gasteiger partial charge on any atom is -0.382 e. The number of hydrogen-bond acceptors (Lipinski definition) is 5. The number of nitrogens with two attached hydrogens (primary N) is 1. The van der Waals surface area contributed by atoms with E-state index in [1.807, 2.05) is 26.1 Å². The molecule has 0 radical (unpaired) electrons. The molecule has 5 rings (SSSR count). The van der Waals surface area contributed by atoms with E-state index in [-0.39, 0.29) is 18.9 Å². The number of hydrogen-bond donors (Lipinski definition) is 2. The van der Waals surface area contributed by atoms with Crippen LogP contribution in [0.25, 0.3) is 22.8 Å². The van der Waals surface area contributed by atoms with Crippen molar-refractivity contribution in [2.75, 3.05) is 5.73 Å². The maximum atomic E-state index is 12.6. The van der Waals surface area contributed by atoms with Crippen molar-refractivity contribution in [2.45, 2.75) is 66.5 Å². The van der Waals surface area contributed by atoms with Crippen LogP contribution in [-0.2, 0) is 19.5 Å². The Labute approximate surface area is 188 Å². The van der Waals surface area contributed by atoms with E-state index in [0.29, 0.717) is 29.4 Å². The number of nitrogens with zero attached hydrogens (tertiary/aromatic N) is 5. The highest BCUT2D eigenvalue weighted by atomic mass is 16.1. The number of H-pyrrole nitrogens is 1. The van der Waals surface area contributed by atoms with E-state index < -0.39 is 0 Å². The summed E-state index contributed by atoms with van der Waals surface area (Å²) >= 11 is 0. The lowest BCUT2D eigenvalue weighted by molar-refractivity contribution is 0.573. The molecule has 0 aliphatic carbocycles. The van der Waals surface area contributed by atoms with Crippen LogP contribution in [-0.4, -0.2) is 29.1 Å². The van der Waals surface area contributed by atoms with E-state index >= 15 is 0 Å². The van der Waals surface area contributed by atoms with E-state index in [4.69, 9.17) is 5.73 Å². The van der Waals surface area contributed by atoms with Crippen LogP contribution in [0.15, 0.2) is 41.5 Å². The maximum Gasteiger partial charge on any atom is 0.328 e. The summed E-state index contributed by atoms with van der Waals surface area (Å²) < 4.78 is 3.68. The molecule has 0 saturated carbocycles. The molecule has 4 heterocycles. The standard InChI is InChI=1S/C21H23N7O.C2H6.CH4/c22-17-16-19-26-18(25-17)20-23-9-11-27(20)10-4-2-1-3-6-14-7-5-8-15(12-14)13-28(19)21(29)24-16;1-2;/h5,7-9,11-12H,1-4,6,10,13H2,(H,24,29)(H2,22,25,26);1-2H3;1H4. The van der Waals surface area contributed by atoms with Gasteiger partial charge >= 0.3 is 5.69 Å². The fraction of sp³-hybridized carbons (Fsp3) is 0.417. The number of aromatic amines is 1. The molecular weight excluding hydrogens is 402 g/mol. The second-order valence-electron chi connectivity index (χ2n) is 7.58. The van der Waals surface area contributed by atoms with Crippen LogP contribution in [0.1, 0.15) is 58.1 Å². The Kier molecular flexibility index (Phi) is 7.45. The highest BCUT2D eigenvalue weighted by molar-refractivity contribution is 5.83. The van der Waals surface area contributed by atoms with Crippen molar-refractivity contribution in [1.29, 1.82) is 0 Å². The van der Waals surface area contributed by atoms with Gasteiger partial charge in [-0.2, -0.15) is 0 Å². The molecule has 32 heavy (non-hydrogen) atoms. The molecule has 4 aromatic rings. The Balaban J connectivity index is 0.000000938. The van der Waals surface area contributed by atoms with Crippen LogP contribution in [0.2, 0.25) is 0 Å². The number of anilines is 1. The summed E-state index contributed by atoms with van der Waals surface area (Å²) in [4.78, 5) is 29.0. The first-order valence-electron chi connectivity index (χ1n) is 11.0. The lowest BCUT2D eigenvalue weighted by Gasteiger charge is -2.10. The molecule has 3 aromatic heterocycles. The molecular formula is C24H33N7O. The number of rotatable bonds is 0. The molecule has 0 fully saturated rings. The zero-order chi connectivity index (χ0) is 21.8. The Morgan fingerprint density at radius 2 is 1.84 bits per heavy atom. The third-order valence-electron chi connectivity index (χ3n) is 5.51. The number of benzene rings is 1. The number of imidazole rings is 2. The summed E-state index contributed by atoms with van der Waals surface area (Å²) in [6.07, 6.45) is 9.32. The minimum atomic E-state index is -0.243. The molecule has 4 bridgehead atoms. The Morgan fingerprint density at radius 3 is 2.69 bits per heavy atom. The summed E-state index contributed by atoms with van der Waals surface area (Å²) in [5.74, 6) is 1.37. The normalized spacial score (nSPS) is 13.7. The number of nitrogen functional groups attached to an aromatic ring is 1. The first-order valence-corrected chi connectivity index (χ1v) is 11.0. The lowest BCUT2D eigenvalue weighted by Crippen LogP contribution is -2.18. The van der Waals surface area contributed by atoms with Crippen molar-refractivity contribution in [3.63, 3.8) is 0 Å². The topological polar surface area (TPSA) is 107 Å². The lowest BCUT2D eigenvalue weighted by atomic mass is 10.0. The quantitative estimate of drug-likeness (QED) is 0.426. The number of nitrogens with one attached hydrogen (secondary N) is 1. The third-order valence-corrected chi connectivity index (χ3v) is 5.51. The fourth-order valence-electron chi connectivity index (χ4n) is 4.02. The molecule has 1 aromatic carbocycles. The van der Waals surface area contributed by atoms with Gasteiger partial charge in [-0.25, -0.2) is 19.7 Å². The van der Waals surface area contributed by atoms with Crippen LogP contribution >= 0.6 is 0 Å². The van der Waals surface area contributed by atoms with Crippen molar-refractivity contribution < 1.29 is 0 Å². The van der Waals surface area contributed by atoms with E-state index in [9.17, 15) is 4.79 Å². The third kappa shape index (κ3) is 4.59. The number of aromatic nitrogens is 6. The number of fused-ring (bicyclic) bond motifs is 5. The summed E-state index contributed by atoms with van der Waals surface area (Å²) in [5.41, 5.74) is 9.27. The molecule has 8 nitrogen and oxygen atoms in total. The average molecular weight is 436 g/mol. The van der Waals surface area contributed by atoms with Crippen molar-refractivity contribution in [3.8, 4) is 11.6 Å². The maximum absolute atomic E-state index is 12.6. The fourth-order valence-corrected chi connectivity index (χ4v) is 4.02. The molecule has 1 aliphatic rings. The van der Waals surface area contributed by atoms with Gasteiger partial charge in [0, 0.05) is 18.9 Å². The number of aryl methyl sites for hydroxylation is 2. The van der Waals surface area contributed by atoms with Gasteiger partial charge in [0.15, 0.2) is 23.1 Å². The van der Waals surface area contributed by atoms with Crippen LogP contribution in [0.5, 0.6) is 0 Å². The van der Waals surface area contributed by atoms with Gasteiger partial charge in [0.2, 0.25) is 0 Å². The van der Waals surface area contributed by atoms with Crippen molar-refractivity contribution in [3.05, 3.63) is 58.3 Å². The van der Waals surface area contributed by atoms with E-state index in [2.05, 4.69) is 42.7 Å². The highest BCUT2D eigenvalue weighted by Gasteiger charge is 2.18. The molecule has 3 N–H and O–H groups in total. The van der Waals surface area contributed by atoms with E-state index in [1.54, 1.807) is 10.8 Å². The second kappa shape index (κ2) is 10.3. The zero-order valence-electron chi connectivity index (χ0n) is 18.1. The average Bonchev–Trinajstić information content (AvgIpc) is 3.37. The summed E-state index contributed by atoms with van der Waals surface area (Å²) in [7, 11) is 0. The van der Waals surface area contributed by atoms with E-state index in [0.717, 1.165) is 37.8 Å². The second-order valence-corrected chi connectivity index (χ2v) is 7.58. The van der Waals surface area contributed by atoms with Gasteiger partial charge in [-0.15, -0.1) is 0 Å². The summed E-state index contributed by atoms with van der Waals surface area (Å²) in [6.45, 7) is 5.28. The molecule has 8 heteroatoms. The smallest absolute Gasteiger partial charge is 0.328 e. The first-order chi connectivity index (χ1) is 15.2. The van der Waals surface area contributed by atoms with Crippen molar-refractivity contribution in [1.82, 2.24) is 29.1 Å². The van der Waals surface area contributed by atoms with Gasteiger partial charge in [0.05, 0.1) is 6.54 Å². The van der Waals surface area contributed by atoms with Crippen molar-refractivity contribution >= 4 is 17.0 Å². The molecule has 0 amide bonds. The van der Waals surface area contributed by atoms with Gasteiger partial charge in [-0.05, 0) is 30.4 Å². The minimum absolute atomic E-state index is 0. The van der Waals surface area contributed by atoms with Gasteiger partial charge in [-0.1, -0.05) is 58.4 Å². The molecule has 0 unspecified atom stereocenters.